The molecule has 0 spiro atoms. The van der Waals surface area contributed by atoms with Crippen LogP contribution in [0.25, 0.3) is 0 Å². The van der Waals surface area contributed by atoms with Crippen LogP contribution in [0.2, 0.25) is 0 Å². The Balaban J connectivity index is 2.44. The average Bonchev–Trinajstić information content (AvgIpc) is 2.75. The molecule has 2 N–H and O–H groups in total. The zero-order valence-corrected chi connectivity index (χ0v) is 11.5. The van der Waals surface area contributed by atoms with Gasteiger partial charge in [-0.2, -0.15) is 5.10 Å². The van der Waals surface area contributed by atoms with Crippen molar-refractivity contribution in [1.82, 2.24) is 9.78 Å². The second-order valence-electron chi connectivity index (χ2n) is 4.39. The number of hydrogen-bond acceptors (Lipinski definition) is 5. The molecule has 1 aromatic carbocycles. The maximum atomic E-state index is 11.2. The molecule has 0 aliphatic carbocycles. The molecule has 1 aromatic heterocycles. The van der Waals surface area contributed by atoms with Crippen molar-refractivity contribution in [3.63, 3.8) is 0 Å². The van der Waals surface area contributed by atoms with Crippen LogP contribution < -0.4 is 5.32 Å². The van der Waals surface area contributed by atoms with E-state index in [2.05, 4.69) is 10.4 Å². The summed E-state index contributed by atoms with van der Waals surface area (Å²) in [6.45, 7) is 1.78. The minimum absolute atomic E-state index is 0.0965. The molecular formula is C13H14N4O4. The van der Waals surface area contributed by atoms with Crippen LogP contribution in [-0.2, 0) is 13.5 Å². The van der Waals surface area contributed by atoms with Gasteiger partial charge in [-0.15, -0.1) is 0 Å². The van der Waals surface area contributed by atoms with E-state index in [9.17, 15) is 14.9 Å². The summed E-state index contributed by atoms with van der Waals surface area (Å²) < 4.78 is 1.38. The standard InChI is InChI=1S/C13H14N4O4/c1-3-10-11(17(20)21)12(16(2)15-10)14-9-6-4-5-8(7-9)13(18)19/h4-7,14H,3H2,1-2H3,(H,18,19). The number of carboxylic acid groups (broad SMARTS) is 1. The fourth-order valence-electron chi connectivity index (χ4n) is 2.01. The van der Waals surface area contributed by atoms with Crippen molar-refractivity contribution in [2.24, 2.45) is 7.05 Å². The number of anilines is 2. The van der Waals surface area contributed by atoms with Crippen LogP contribution in [0.15, 0.2) is 24.3 Å². The zero-order chi connectivity index (χ0) is 15.6. The fraction of sp³-hybridized carbons (Fsp3) is 0.231. The Morgan fingerprint density at radius 2 is 2.24 bits per heavy atom. The lowest BCUT2D eigenvalue weighted by molar-refractivity contribution is -0.384. The highest BCUT2D eigenvalue weighted by Gasteiger charge is 2.25. The number of benzene rings is 1. The third kappa shape index (κ3) is 2.83. The van der Waals surface area contributed by atoms with E-state index in [0.29, 0.717) is 17.8 Å². The highest BCUT2D eigenvalue weighted by Crippen LogP contribution is 2.31. The summed E-state index contributed by atoms with van der Waals surface area (Å²) in [6.07, 6.45) is 0.432. The van der Waals surface area contributed by atoms with E-state index in [0.717, 1.165) is 0 Å². The van der Waals surface area contributed by atoms with E-state index in [-0.39, 0.29) is 17.1 Å². The molecule has 0 radical (unpaired) electrons. The van der Waals surface area contributed by atoms with E-state index in [1.807, 2.05) is 0 Å². The van der Waals surface area contributed by atoms with Gasteiger partial charge in [0.2, 0.25) is 5.82 Å². The van der Waals surface area contributed by atoms with Crippen molar-refractivity contribution in [3.05, 3.63) is 45.6 Å². The first-order valence-corrected chi connectivity index (χ1v) is 6.24. The Kier molecular flexibility index (Phi) is 3.88. The smallest absolute Gasteiger partial charge is 0.335 e. The van der Waals surface area contributed by atoms with Crippen LogP contribution in [0.5, 0.6) is 0 Å². The second kappa shape index (κ2) is 5.61. The second-order valence-corrected chi connectivity index (χ2v) is 4.39. The Bertz CT molecular complexity index is 708. The monoisotopic (exact) mass is 290 g/mol. The minimum atomic E-state index is -1.06. The zero-order valence-electron chi connectivity index (χ0n) is 11.5. The molecule has 8 heteroatoms. The predicted molar refractivity (Wildman–Crippen MR) is 75.9 cm³/mol. The quantitative estimate of drug-likeness (QED) is 0.646. The lowest BCUT2D eigenvalue weighted by Crippen LogP contribution is -2.03. The van der Waals surface area contributed by atoms with Gasteiger partial charge in [-0.25, -0.2) is 9.48 Å². The van der Waals surface area contributed by atoms with E-state index in [4.69, 9.17) is 5.11 Å². The number of nitrogens with zero attached hydrogens (tertiary/aromatic N) is 3. The Hall–Kier alpha value is -2.90. The predicted octanol–water partition coefficient (Wildman–Crippen LogP) is 2.33. The molecule has 0 aliphatic rings. The summed E-state index contributed by atoms with van der Waals surface area (Å²) in [6, 6.07) is 6.05. The number of rotatable bonds is 5. The maximum absolute atomic E-state index is 11.2. The maximum Gasteiger partial charge on any atom is 0.335 e. The van der Waals surface area contributed by atoms with Crippen molar-refractivity contribution in [2.75, 3.05) is 5.32 Å². The van der Waals surface area contributed by atoms with Crippen LogP contribution in [0.4, 0.5) is 17.2 Å². The van der Waals surface area contributed by atoms with Gasteiger partial charge >= 0.3 is 11.7 Å². The van der Waals surface area contributed by atoms with Crippen LogP contribution in [0, 0.1) is 10.1 Å². The normalized spacial score (nSPS) is 10.4. The molecule has 0 saturated carbocycles. The molecule has 2 rings (SSSR count). The summed E-state index contributed by atoms with van der Waals surface area (Å²) in [5.74, 6) is -0.841. The Morgan fingerprint density at radius 1 is 1.52 bits per heavy atom. The minimum Gasteiger partial charge on any atom is -0.478 e. The molecule has 0 fully saturated rings. The molecule has 0 unspecified atom stereocenters. The molecule has 21 heavy (non-hydrogen) atoms. The third-order valence-electron chi connectivity index (χ3n) is 2.98. The van der Waals surface area contributed by atoms with Gasteiger partial charge in [0.15, 0.2) is 0 Å². The summed E-state index contributed by atoms with van der Waals surface area (Å²) in [7, 11) is 1.59. The summed E-state index contributed by atoms with van der Waals surface area (Å²) in [4.78, 5) is 21.7. The van der Waals surface area contributed by atoms with Gasteiger partial charge in [-0.3, -0.25) is 10.1 Å². The van der Waals surface area contributed by atoms with Crippen molar-refractivity contribution >= 4 is 23.2 Å². The number of aryl methyl sites for hydroxylation is 2. The SMILES string of the molecule is CCc1nn(C)c(Nc2cccc(C(=O)O)c2)c1[N+](=O)[O-]. The lowest BCUT2D eigenvalue weighted by Gasteiger charge is -2.06. The van der Waals surface area contributed by atoms with Crippen LogP contribution in [0.3, 0.4) is 0 Å². The number of nitro groups is 1. The molecule has 1 heterocycles. The van der Waals surface area contributed by atoms with Gasteiger partial charge in [-0.05, 0) is 24.6 Å². The van der Waals surface area contributed by atoms with Crippen LogP contribution in [0.1, 0.15) is 23.0 Å². The van der Waals surface area contributed by atoms with Gasteiger partial charge in [0.1, 0.15) is 5.69 Å². The first-order chi connectivity index (χ1) is 9.93. The van der Waals surface area contributed by atoms with Gasteiger partial charge in [0.25, 0.3) is 0 Å². The highest BCUT2D eigenvalue weighted by atomic mass is 16.6. The van der Waals surface area contributed by atoms with E-state index >= 15 is 0 Å². The lowest BCUT2D eigenvalue weighted by atomic mass is 10.2. The Morgan fingerprint density at radius 3 is 2.81 bits per heavy atom. The average molecular weight is 290 g/mol. The van der Waals surface area contributed by atoms with Gasteiger partial charge < -0.3 is 10.4 Å². The number of hydrogen-bond donors (Lipinski definition) is 2. The van der Waals surface area contributed by atoms with E-state index in [1.165, 1.54) is 16.8 Å². The molecule has 0 aliphatic heterocycles. The van der Waals surface area contributed by atoms with Crippen LogP contribution >= 0.6 is 0 Å². The molecular weight excluding hydrogens is 276 g/mol. The third-order valence-corrected chi connectivity index (χ3v) is 2.98. The largest absolute Gasteiger partial charge is 0.478 e. The first kappa shape index (κ1) is 14.5. The van der Waals surface area contributed by atoms with E-state index < -0.39 is 10.9 Å². The van der Waals surface area contributed by atoms with Gasteiger partial charge in [0.05, 0.1) is 10.5 Å². The number of aromatic carboxylic acids is 1. The number of nitrogens with one attached hydrogen (secondary N) is 1. The summed E-state index contributed by atoms with van der Waals surface area (Å²) in [5, 5.41) is 27.1. The van der Waals surface area contributed by atoms with Crippen molar-refractivity contribution in [2.45, 2.75) is 13.3 Å². The molecule has 0 atom stereocenters. The van der Waals surface area contributed by atoms with Crippen molar-refractivity contribution in [1.29, 1.82) is 0 Å². The van der Waals surface area contributed by atoms with Crippen molar-refractivity contribution in [3.8, 4) is 0 Å². The van der Waals surface area contributed by atoms with Gasteiger partial charge in [-0.1, -0.05) is 13.0 Å². The van der Waals surface area contributed by atoms with Gasteiger partial charge in [0, 0.05) is 12.7 Å². The molecule has 0 bridgehead atoms. The fourth-order valence-corrected chi connectivity index (χ4v) is 2.01. The highest BCUT2D eigenvalue weighted by molar-refractivity contribution is 5.89. The topological polar surface area (TPSA) is 110 Å². The molecule has 8 nitrogen and oxygen atoms in total. The van der Waals surface area contributed by atoms with Crippen LogP contribution in [-0.4, -0.2) is 25.8 Å². The molecule has 2 aromatic rings. The first-order valence-electron chi connectivity index (χ1n) is 6.24. The Labute approximate surface area is 120 Å². The van der Waals surface area contributed by atoms with Crippen molar-refractivity contribution < 1.29 is 14.8 Å². The molecule has 0 amide bonds. The van der Waals surface area contributed by atoms with E-state index in [1.54, 1.807) is 26.1 Å². The molecule has 0 saturated heterocycles. The summed E-state index contributed by atoms with van der Waals surface area (Å²) >= 11 is 0. The molecule has 110 valence electrons. The number of carboxylic acids is 1. The number of carbonyl (C=O) groups is 1. The number of aromatic nitrogens is 2. The summed E-state index contributed by atoms with van der Waals surface area (Å²) in [5.41, 5.74) is 0.823.